The summed E-state index contributed by atoms with van der Waals surface area (Å²) in [7, 11) is 1.99. The molecule has 0 radical (unpaired) electrons. The third kappa shape index (κ3) is 3.60. The van der Waals surface area contributed by atoms with E-state index in [1.54, 1.807) is 11.3 Å². The lowest BCUT2D eigenvalue weighted by molar-refractivity contribution is 0.214. The lowest BCUT2D eigenvalue weighted by atomic mass is 10.1. The van der Waals surface area contributed by atoms with Gasteiger partial charge in [0, 0.05) is 11.4 Å². The van der Waals surface area contributed by atoms with Gasteiger partial charge in [0.1, 0.15) is 5.54 Å². The zero-order valence-corrected chi connectivity index (χ0v) is 11.7. The van der Waals surface area contributed by atoms with Crippen LogP contribution in [0.25, 0.3) is 0 Å². The summed E-state index contributed by atoms with van der Waals surface area (Å²) in [5.74, 6) is 0. The van der Waals surface area contributed by atoms with Crippen molar-refractivity contribution in [1.82, 2.24) is 4.90 Å². The van der Waals surface area contributed by atoms with Gasteiger partial charge in [0.15, 0.2) is 0 Å². The van der Waals surface area contributed by atoms with Gasteiger partial charge in [0.25, 0.3) is 0 Å². The van der Waals surface area contributed by atoms with Crippen molar-refractivity contribution in [3.05, 3.63) is 20.8 Å². The molecule has 2 nitrogen and oxygen atoms in total. The van der Waals surface area contributed by atoms with Crippen molar-refractivity contribution in [3.63, 3.8) is 0 Å². The Hall–Kier alpha value is -0.370. The van der Waals surface area contributed by atoms with Gasteiger partial charge in [0.2, 0.25) is 0 Å². The van der Waals surface area contributed by atoms with Gasteiger partial charge >= 0.3 is 0 Å². The summed E-state index contributed by atoms with van der Waals surface area (Å²) in [6.45, 7) is 4.79. The molecular weight excluding hydrogens is 272 g/mol. The molecule has 0 bridgehead atoms. The Morgan fingerprint density at radius 2 is 2.20 bits per heavy atom. The fourth-order valence-corrected chi connectivity index (χ4v) is 2.60. The van der Waals surface area contributed by atoms with Crippen LogP contribution in [0.5, 0.6) is 0 Å². The fourth-order valence-electron chi connectivity index (χ4n) is 1.13. The fraction of sp³-hybridized carbons (Fsp3) is 0.545. The highest BCUT2D eigenvalue weighted by molar-refractivity contribution is 9.11. The van der Waals surface area contributed by atoms with E-state index in [1.165, 1.54) is 8.66 Å². The first-order valence-corrected chi connectivity index (χ1v) is 6.43. The SMILES string of the molecule is CN(CCc1ccc(Br)s1)C(C)(C)C#N. The van der Waals surface area contributed by atoms with Crippen LogP contribution < -0.4 is 0 Å². The summed E-state index contributed by atoms with van der Waals surface area (Å²) >= 11 is 5.20. The highest BCUT2D eigenvalue weighted by atomic mass is 79.9. The molecule has 0 aliphatic heterocycles. The second-order valence-electron chi connectivity index (χ2n) is 4.05. The molecule has 1 aromatic rings. The maximum absolute atomic E-state index is 8.97. The molecular formula is C11H15BrN2S. The Kier molecular flexibility index (Phi) is 4.32. The van der Waals surface area contributed by atoms with Crippen LogP contribution in [0.4, 0.5) is 0 Å². The monoisotopic (exact) mass is 286 g/mol. The summed E-state index contributed by atoms with van der Waals surface area (Å²) in [6, 6.07) is 6.49. The molecule has 1 rings (SSSR count). The topological polar surface area (TPSA) is 27.0 Å². The van der Waals surface area contributed by atoms with Crippen LogP contribution >= 0.6 is 27.3 Å². The molecule has 4 heteroatoms. The van der Waals surface area contributed by atoms with E-state index in [-0.39, 0.29) is 5.54 Å². The molecule has 0 saturated carbocycles. The van der Waals surface area contributed by atoms with Gasteiger partial charge in [0.05, 0.1) is 9.86 Å². The average Bonchev–Trinajstić information content (AvgIpc) is 2.60. The summed E-state index contributed by atoms with van der Waals surface area (Å²) in [4.78, 5) is 3.43. The first-order chi connectivity index (χ1) is 6.95. The van der Waals surface area contributed by atoms with Crippen LogP contribution in [0, 0.1) is 11.3 Å². The molecule has 82 valence electrons. The van der Waals surface area contributed by atoms with Gasteiger partial charge in [-0.15, -0.1) is 11.3 Å². The van der Waals surface area contributed by atoms with E-state index in [9.17, 15) is 0 Å². The van der Waals surface area contributed by atoms with Crippen molar-refractivity contribution < 1.29 is 0 Å². The minimum atomic E-state index is -0.380. The predicted octanol–water partition coefficient (Wildman–Crippen LogP) is 3.29. The Morgan fingerprint density at radius 1 is 1.53 bits per heavy atom. The van der Waals surface area contributed by atoms with E-state index >= 15 is 0 Å². The van der Waals surface area contributed by atoms with Gasteiger partial charge in [-0.3, -0.25) is 4.90 Å². The molecule has 1 aromatic heterocycles. The Morgan fingerprint density at radius 3 is 2.67 bits per heavy atom. The number of rotatable bonds is 4. The second-order valence-corrected chi connectivity index (χ2v) is 6.60. The summed E-state index contributed by atoms with van der Waals surface area (Å²) in [6.07, 6.45) is 0.998. The largest absolute Gasteiger partial charge is 0.289 e. The van der Waals surface area contributed by atoms with Crippen LogP contribution in [0.3, 0.4) is 0 Å². The number of nitrogens with zero attached hydrogens (tertiary/aromatic N) is 2. The van der Waals surface area contributed by atoms with Crippen LogP contribution in [0.15, 0.2) is 15.9 Å². The zero-order chi connectivity index (χ0) is 11.5. The van der Waals surface area contributed by atoms with Crippen molar-refractivity contribution in [2.75, 3.05) is 13.6 Å². The van der Waals surface area contributed by atoms with Crippen LogP contribution in [0.2, 0.25) is 0 Å². The lowest BCUT2D eigenvalue weighted by Gasteiger charge is -2.28. The number of hydrogen-bond donors (Lipinski definition) is 0. The van der Waals surface area contributed by atoms with Crippen molar-refractivity contribution in [3.8, 4) is 6.07 Å². The number of nitriles is 1. The van der Waals surface area contributed by atoms with Crippen LogP contribution in [-0.4, -0.2) is 24.0 Å². The molecule has 0 atom stereocenters. The zero-order valence-electron chi connectivity index (χ0n) is 9.25. The van der Waals surface area contributed by atoms with E-state index in [0.717, 1.165) is 13.0 Å². The Balaban J connectivity index is 2.48. The van der Waals surface area contributed by atoms with Crippen molar-refractivity contribution in [2.45, 2.75) is 25.8 Å². The Labute approximate surface area is 104 Å². The summed E-state index contributed by atoms with van der Waals surface area (Å²) in [5.41, 5.74) is -0.380. The maximum atomic E-state index is 8.97. The first-order valence-electron chi connectivity index (χ1n) is 4.82. The number of halogens is 1. The third-order valence-corrected chi connectivity index (χ3v) is 4.23. The highest BCUT2D eigenvalue weighted by Crippen LogP contribution is 2.23. The molecule has 0 unspecified atom stereocenters. The van der Waals surface area contributed by atoms with Crippen molar-refractivity contribution in [1.29, 1.82) is 5.26 Å². The predicted molar refractivity (Wildman–Crippen MR) is 68.0 cm³/mol. The number of likely N-dealkylation sites (N-methyl/N-ethyl adjacent to an activating group) is 1. The van der Waals surface area contributed by atoms with Gasteiger partial charge in [-0.25, -0.2) is 0 Å². The number of hydrogen-bond acceptors (Lipinski definition) is 3. The van der Waals surface area contributed by atoms with Gasteiger partial charge < -0.3 is 0 Å². The molecule has 0 saturated heterocycles. The quantitative estimate of drug-likeness (QED) is 0.849. The minimum Gasteiger partial charge on any atom is -0.289 e. The molecule has 1 heterocycles. The molecule has 0 N–H and O–H groups in total. The summed E-state index contributed by atoms with van der Waals surface area (Å²) in [5, 5.41) is 8.97. The molecule has 0 spiro atoms. The average molecular weight is 287 g/mol. The third-order valence-electron chi connectivity index (χ3n) is 2.55. The van der Waals surface area contributed by atoms with E-state index in [2.05, 4.69) is 39.0 Å². The molecule has 0 aliphatic carbocycles. The molecule has 0 amide bonds. The number of thiophene rings is 1. The lowest BCUT2D eigenvalue weighted by Crippen LogP contribution is -2.40. The summed E-state index contributed by atoms with van der Waals surface area (Å²) < 4.78 is 1.17. The second kappa shape index (κ2) is 5.11. The van der Waals surface area contributed by atoms with Crippen molar-refractivity contribution in [2.24, 2.45) is 0 Å². The van der Waals surface area contributed by atoms with Crippen LogP contribution in [-0.2, 0) is 6.42 Å². The smallest absolute Gasteiger partial charge is 0.103 e. The van der Waals surface area contributed by atoms with Gasteiger partial charge in [-0.05, 0) is 55.4 Å². The van der Waals surface area contributed by atoms with Gasteiger partial charge in [-0.1, -0.05) is 0 Å². The van der Waals surface area contributed by atoms with E-state index < -0.39 is 0 Å². The van der Waals surface area contributed by atoms with Crippen molar-refractivity contribution >= 4 is 27.3 Å². The van der Waals surface area contributed by atoms with Crippen LogP contribution in [0.1, 0.15) is 18.7 Å². The highest BCUT2D eigenvalue weighted by Gasteiger charge is 2.22. The first kappa shape index (κ1) is 12.7. The maximum Gasteiger partial charge on any atom is 0.103 e. The Bertz CT molecular complexity index is 365. The molecule has 0 fully saturated rings. The normalized spacial score (nSPS) is 11.7. The standard InChI is InChI=1S/C11H15BrN2S/c1-11(2,8-13)14(3)7-6-9-4-5-10(12)15-9/h4-5H,6-7H2,1-3H3. The minimum absolute atomic E-state index is 0.380. The molecule has 0 aliphatic rings. The molecule has 0 aromatic carbocycles. The van der Waals surface area contributed by atoms with E-state index in [1.807, 2.05) is 20.9 Å². The van der Waals surface area contributed by atoms with E-state index in [4.69, 9.17) is 5.26 Å². The van der Waals surface area contributed by atoms with E-state index in [0.29, 0.717) is 0 Å². The van der Waals surface area contributed by atoms with Gasteiger partial charge in [-0.2, -0.15) is 5.26 Å². The molecule has 15 heavy (non-hydrogen) atoms.